The maximum absolute atomic E-state index is 12.7. The second kappa shape index (κ2) is 5.55. The number of fused-ring (bicyclic) bond motifs is 1. The highest BCUT2D eigenvalue weighted by atomic mass is 32.2. The first-order valence-corrected chi connectivity index (χ1v) is 7.88. The lowest BCUT2D eigenvalue weighted by atomic mass is 10.3. The third-order valence-electron chi connectivity index (χ3n) is 3.45. The molecule has 3 aromatic heterocycles. The highest BCUT2D eigenvalue weighted by Gasteiger charge is 2.33. The second-order valence-electron chi connectivity index (χ2n) is 4.98. The smallest absolute Gasteiger partial charge is 0.290 e. The summed E-state index contributed by atoms with van der Waals surface area (Å²) in [4.78, 5) is 8.71. The third-order valence-corrected chi connectivity index (χ3v) is 4.51. The standard InChI is InChI=1S/C14H14F3N5S/c1-4-23-13-8(2)21(3)20-12(13)9-6-22-7-18-10(14(15,16)17)5-11(22)19-9/h5-7H,4H2,1-3H3. The normalized spacial score (nSPS) is 12.3. The highest BCUT2D eigenvalue weighted by Crippen LogP contribution is 2.33. The van der Waals surface area contributed by atoms with Crippen LogP contribution in [0.5, 0.6) is 0 Å². The molecule has 0 aliphatic heterocycles. The molecule has 0 N–H and O–H groups in total. The Labute approximate surface area is 134 Å². The quantitative estimate of drug-likeness (QED) is 0.684. The van der Waals surface area contributed by atoms with E-state index in [1.807, 2.05) is 20.9 Å². The number of thioether (sulfide) groups is 1. The predicted octanol–water partition coefficient (Wildman–Crippen LogP) is 3.57. The van der Waals surface area contributed by atoms with Crippen LogP contribution in [0.25, 0.3) is 17.0 Å². The Hall–Kier alpha value is -2.03. The zero-order valence-electron chi connectivity index (χ0n) is 12.7. The average Bonchev–Trinajstić information content (AvgIpc) is 3.02. The molecule has 0 saturated carbocycles. The number of aromatic nitrogens is 5. The summed E-state index contributed by atoms with van der Waals surface area (Å²) in [5.41, 5.74) is 1.44. The van der Waals surface area contributed by atoms with Crippen molar-refractivity contribution in [3.63, 3.8) is 0 Å². The summed E-state index contributed by atoms with van der Waals surface area (Å²) in [6.45, 7) is 3.98. The molecule has 3 rings (SSSR count). The van der Waals surface area contributed by atoms with Crippen molar-refractivity contribution in [1.82, 2.24) is 24.1 Å². The van der Waals surface area contributed by atoms with Crippen LogP contribution in [0, 0.1) is 6.92 Å². The van der Waals surface area contributed by atoms with Gasteiger partial charge < -0.3 is 0 Å². The molecule has 0 spiro atoms. The minimum absolute atomic E-state index is 0.193. The van der Waals surface area contributed by atoms with Crippen molar-refractivity contribution in [2.45, 2.75) is 24.9 Å². The van der Waals surface area contributed by atoms with Crippen LogP contribution in [0.1, 0.15) is 18.3 Å². The first-order chi connectivity index (χ1) is 10.8. The molecule has 0 bridgehead atoms. The van der Waals surface area contributed by atoms with Crippen molar-refractivity contribution in [2.75, 3.05) is 5.75 Å². The van der Waals surface area contributed by atoms with Crippen LogP contribution in [0.3, 0.4) is 0 Å². The second-order valence-corrected chi connectivity index (χ2v) is 6.26. The minimum Gasteiger partial charge on any atom is -0.290 e. The maximum Gasteiger partial charge on any atom is 0.433 e. The fraction of sp³-hybridized carbons (Fsp3) is 0.357. The van der Waals surface area contributed by atoms with Crippen LogP contribution in [0.15, 0.2) is 23.5 Å². The Bertz CT molecular complexity index is 865. The third kappa shape index (κ3) is 2.80. The van der Waals surface area contributed by atoms with Crippen molar-refractivity contribution in [1.29, 1.82) is 0 Å². The van der Waals surface area contributed by atoms with Gasteiger partial charge in [0.15, 0.2) is 0 Å². The van der Waals surface area contributed by atoms with Gasteiger partial charge in [-0.25, -0.2) is 9.97 Å². The molecule has 0 aliphatic rings. The predicted molar refractivity (Wildman–Crippen MR) is 81.3 cm³/mol. The van der Waals surface area contributed by atoms with E-state index in [2.05, 4.69) is 15.1 Å². The van der Waals surface area contributed by atoms with E-state index in [0.717, 1.165) is 28.7 Å². The number of rotatable bonds is 3. The van der Waals surface area contributed by atoms with E-state index in [9.17, 15) is 13.2 Å². The zero-order valence-corrected chi connectivity index (χ0v) is 13.5. The van der Waals surface area contributed by atoms with Crippen molar-refractivity contribution < 1.29 is 13.2 Å². The molecule has 9 heteroatoms. The average molecular weight is 341 g/mol. The van der Waals surface area contributed by atoms with E-state index < -0.39 is 11.9 Å². The van der Waals surface area contributed by atoms with Crippen molar-refractivity contribution in [2.24, 2.45) is 7.05 Å². The summed E-state index contributed by atoms with van der Waals surface area (Å²) in [5.74, 6) is 0.868. The number of halogens is 3. The summed E-state index contributed by atoms with van der Waals surface area (Å²) in [6.07, 6.45) is -1.72. The SMILES string of the molecule is CCSc1c(-c2cn3cnc(C(F)(F)F)cc3n2)nn(C)c1C. The Morgan fingerprint density at radius 3 is 2.70 bits per heavy atom. The highest BCUT2D eigenvalue weighted by molar-refractivity contribution is 7.99. The molecule has 23 heavy (non-hydrogen) atoms. The van der Waals surface area contributed by atoms with E-state index in [-0.39, 0.29) is 5.65 Å². The number of alkyl halides is 3. The maximum atomic E-state index is 12.7. The van der Waals surface area contributed by atoms with Gasteiger partial charge in [0.1, 0.15) is 29.1 Å². The fourth-order valence-electron chi connectivity index (χ4n) is 2.23. The van der Waals surface area contributed by atoms with Gasteiger partial charge in [-0.2, -0.15) is 18.3 Å². The van der Waals surface area contributed by atoms with Gasteiger partial charge in [-0.05, 0) is 12.7 Å². The van der Waals surface area contributed by atoms with Crippen LogP contribution in [-0.2, 0) is 13.2 Å². The van der Waals surface area contributed by atoms with Gasteiger partial charge in [0.2, 0.25) is 0 Å². The lowest BCUT2D eigenvalue weighted by Crippen LogP contribution is -2.08. The van der Waals surface area contributed by atoms with E-state index >= 15 is 0 Å². The Morgan fingerprint density at radius 1 is 1.30 bits per heavy atom. The first kappa shape index (κ1) is 15.9. The first-order valence-electron chi connectivity index (χ1n) is 6.90. The molecule has 5 nitrogen and oxygen atoms in total. The summed E-state index contributed by atoms with van der Waals surface area (Å²) >= 11 is 1.63. The monoisotopic (exact) mass is 341 g/mol. The number of hydrogen-bond acceptors (Lipinski definition) is 4. The molecule has 0 amide bonds. The largest absolute Gasteiger partial charge is 0.433 e. The van der Waals surface area contributed by atoms with Gasteiger partial charge in [0, 0.05) is 25.0 Å². The molecule has 122 valence electrons. The number of hydrogen-bond donors (Lipinski definition) is 0. The molecule has 0 aliphatic carbocycles. The van der Waals surface area contributed by atoms with E-state index in [1.165, 1.54) is 4.40 Å². The van der Waals surface area contributed by atoms with Crippen molar-refractivity contribution in [3.05, 3.63) is 30.0 Å². The van der Waals surface area contributed by atoms with E-state index in [4.69, 9.17) is 0 Å². The molecule has 0 radical (unpaired) electrons. The number of aryl methyl sites for hydroxylation is 1. The van der Waals surface area contributed by atoms with Gasteiger partial charge in [0.05, 0.1) is 4.90 Å². The van der Waals surface area contributed by atoms with Crippen molar-refractivity contribution in [3.8, 4) is 11.4 Å². The Balaban J connectivity index is 2.13. The Morgan fingerprint density at radius 2 is 2.04 bits per heavy atom. The van der Waals surface area contributed by atoms with Gasteiger partial charge >= 0.3 is 6.18 Å². The van der Waals surface area contributed by atoms with E-state index in [0.29, 0.717) is 11.4 Å². The molecule has 3 heterocycles. The van der Waals surface area contributed by atoms with Crippen LogP contribution in [0.4, 0.5) is 13.2 Å². The number of imidazole rings is 1. The van der Waals surface area contributed by atoms with Crippen molar-refractivity contribution >= 4 is 17.4 Å². The van der Waals surface area contributed by atoms with Gasteiger partial charge in [-0.3, -0.25) is 9.08 Å². The molecular weight excluding hydrogens is 327 g/mol. The molecule has 0 fully saturated rings. The summed E-state index contributed by atoms with van der Waals surface area (Å²) in [5, 5.41) is 4.44. The molecule has 0 aromatic carbocycles. The van der Waals surface area contributed by atoms with Gasteiger partial charge in [-0.15, -0.1) is 11.8 Å². The van der Waals surface area contributed by atoms with Crippen LogP contribution in [-0.4, -0.2) is 29.9 Å². The summed E-state index contributed by atoms with van der Waals surface area (Å²) in [6, 6.07) is 0.936. The summed E-state index contributed by atoms with van der Waals surface area (Å²) < 4.78 is 41.5. The molecular formula is C14H14F3N5S. The molecule has 3 aromatic rings. The van der Waals surface area contributed by atoms with Crippen LogP contribution in [0.2, 0.25) is 0 Å². The van der Waals surface area contributed by atoms with Gasteiger partial charge in [-0.1, -0.05) is 6.92 Å². The van der Waals surface area contributed by atoms with E-state index in [1.54, 1.807) is 22.6 Å². The lowest BCUT2D eigenvalue weighted by molar-refractivity contribution is -0.141. The fourth-order valence-corrected chi connectivity index (χ4v) is 3.15. The molecule has 0 unspecified atom stereocenters. The molecule has 0 atom stereocenters. The molecule has 0 saturated heterocycles. The lowest BCUT2D eigenvalue weighted by Gasteiger charge is -2.04. The minimum atomic E-state index is -4.49. The summed E-state index contributed by atoms with van der Waals surface area (Å²) in [7, 11) is 1.83. The van der Waals surface area contributed by atoms with Crippen LogP contribution >= 0.6 is 11.8 Å². The van der Waals surface area contributed by atoms with Crippen LogP contribution < -0.4 is 0 Å². The topological polar surface area (TPSA) is 48.0 Å². The Kier molecular flexibility index (Phi) is 3.83. The zero-order chi connectivity index (χ0) is 16.8. The van der Waals surface area contributed by atoms with Gasteiger partial charge in [0.25, 0.3) is 0 Å². The number of nitrogens with zero attached hydrogens (tertiary/aromatic N) is 5.